The minimum Gasteiger partial charge on any atom is -0.459 e. The zero-order valence-corrected chi connectivity index (χ0v) is 34.2. The van der Waals surface area contributed by atoms with Crippen LogP contribution in [-0.4, -0.2) is 143 Å². The van der Waals surface area contributed by atoms with Gasteiger partial charge in [-0.1, -0.05) is 20.8 Å². The van der Waals surface area contributed by atoms with E-state index in [4.69, 9.17) is 28.1 Å². The predicted octanol–water partition coefficient (Wildman–Crippen LogP) is 3.23. The van der Waals surface area contributed by atoms with E-state index in [9.17, 15) is 24.9 Å². The average Bonchev–Trinajstić information content (AvgIpc) is 3.52. The Morgan fingerprint density at radius 2 is 1.78 bits per heavy atom. The molecule has 4 N–H and O–H groups in total. The summed E-state index contributed by atoms with van der Waals surface area (Å²) in [5.74, 6) is -3.13. The zero-order chi connectivity index (χ0) is 39.9. The molecule has 0 unspecified atom stereocenters. The zero-order valence-electron chi connectivity index (χ0n) is 34.2. The van der Waals surface area contributed by atoms with Crippen molar-refractivity contribution in [3.8, 4) is 0 Å². The lowest BCUT2D eigenvalue weighted by Gasteiger charge is -2.49. The third kappa shape index (κ3) is 8.72. The van der Waals surface area contributed by atoms with Crippen LogP contribution in [0.4, 0.5) is 0 Å². The number of rotatable bonds is 5. The molecule has 4 aliphatic heterocycles. The number of carbonyl (C=O) groups excluding carboxylic acids is 2. The number of likely N-dealkylation sites (N-methyl/N-ethyl adjacent to an activating group) is 1. The van der Waals surface area contributed by atoms with Crippen LogP contribution in [0.15, 0.2) is 16.7 Å². The Kier molecular flexibility index (Phi) is 13.3. The molecular formula is C40H67N3O11. The summed E-state index contributed by atoms with van der Waals surface area (Å²) in [6.07, 6.45) is -2.44. The summed E-state index contributed by atoms with van der Waals surface area (Å²) in [5.41, 5.74) is -2.04. The number of piperidine rings is 1. The number of ether oxygens (including phenoxy) is 5. The van der Waals surface area contributed by atoms with E-state index in [2.05, 4.69) is 12.2 Å². The number of nitrogens with one attached hydrogen (secondary N) is 1. The van der Waals surface area contributed by atoms with Gasteiger partial charge in [-0.15, -0.1) is 0 Å². The molecule has 4 fully saturated rings. The molecule has 2 bridgehead atoms. The number of aliphatic hydroxyl groups excluding tert-OH is 2. The van der Waals surface area contributed by atoms with Gasteiger partial charge in [-0.2, -0.15) is 0 Å². The van der Waals surface area contributed by atoms with E-state index in [1.807, 2.05) is 46.7 Å². The number of cyclic esters (lactones) is 1. The molecule has 0 saturated carbocycles. The van der Waals surface area contributed by atoms with Gasteiger partial charge in [0.25, 0.3) is 5.91 Å². The molecule has 1 aromatic rings. The molecule has 5 heterocycles. The summed E-state index contributed by atoms with van der Waals surface area (Å²) in [5, 5.41) is 38.1. The molecule has 5 rings (SSSR count). The molecule has 4 saturated heterocycles. The summed E-state index contributed by atoms with van der Waals surface area (Å²) >= 11 is 0. The topological polar surface area (TPSA) is 173 Å². The molecule has 14 heteroatoms. The molecule has 1 aromatic heterocycles. The van der Waals surface area contributed by atoms with Crippen molar-refractivity contribution in [3.05, 3.63) is 23.7 Å². The molecule has 1 amide bonds. The van der Waals surface area contributed by atoms with Gasteiger partial charge in [0.2, 0.25) is 0 Å². The van der Waals surface area contributed by atoms with E-state index in [1.54, 1.807) is 31.7 Å². The van der Waals surface area contributed by atoms with Crippen molar-refractivity contribution in [1.29, 1.82) is 0 Å². The highest BCUT2D eigenvalue weighted by Crippen LogP contribution is 2.48. The second-order valence-corrected chi connectivity index (χ2v) is 17.4. The standard InChI is InChI=1S/C40H67N3O11/c1-12-29-39(9,48)33(45)27(7)41-21-22(2)20-38(8)34(52-37-30(44)28(42(10)11)19-24(4)50-37)25(5)32(26(6)36(47)51-29)53-40(54-38)14-16-43(17-15-40)35(46)31-23(3)13-18-49-31/h13,18,22,24-30,32-34,37,41,44-45,48H,12,14-17,19-21H2,1-11H3/t22-,24-,25+,26-,27-,28+,29-,30-,32+,33-,34-,37+,38-,39-/m1/s1. The number of amides is 1. The van der Waals surface area contributed by atoms with Crippen molar-refractivity contribution in [2.75, 3.05) is 33.7 Å². The van der Waals surface area contributed by atoms with E-state index < -0.39 is 77.6 Å². The fourth-order valence-corrected chi connectivity index (χ4v) is 9.34. The summed E-state index contributed by atoms with van der Waals surface area (Å²) in [4.78, 5) is 31.5. The number of carbonyl (C=O) groups is 2. The van der Waals surface area contributed by atoms with E-state index in [1.165, 1.54) is 13.2 Å². The SMILES string of the molecule is CC[C@H]1OC(=O)[C@H](C)[C@H]2OC3(CCN(C(=O)c4occc4C)CC3)O[C@](C)(C[C@@H](C)CN[C@H](C)[C@@H](O)[C@]1(C)O)[C@H](O[C@@H]1O[C@H](C)C[C@H](N(C)C)[C@H]1O)[C@H]2C. The lowest BCUT2D eigenvalue weighted by atomic mass is 9.78. The van der Waals surface area contributed by atoms with E-state index >= 15 is 0 Å². The number of hydrogen-bond acceptors (Lipinski definition) is 13. The van der Waals surface area contributed by atoms with Crippen molar-refractivity contribution >= 4 is 11.9 Å². The Hall–Kier alpha value is -2.14. The number of fused-ring (bicyclic) bond motifs is 3. The minimum atomic E-state index is -1.75. The molecule has 14 nitrogen and oxygen atoms in total. The second-order valence-electron chi connectivity index (χ2n) is 17.4. The molecule has 0 radical (unpaired) electrons. The lowest BCUT2D eigenvalue weighted by Crippen LogP contribution is -2.60. The highest BCUT2D eigenvalue weighted by molar-refractivity contribution is 5.92. The van der Waals surface area contributed by atoms with Gasteiger partial charge >= 0.3 is 5.97 Å². The van der Waals surface area contributed by atoms with Crippen LogP contribution in [-0.2, 0) is 28.5 Å². The van der Waals surface area contributed by atoms with Crippen LogP contribution in [0.5, 0.6) is 0 Å². The number of hydrogen-bond donors (Lipinski definition) is 4. The lowest BCUT2D eigenvalue weighted by molar-refractivity contribution is -0.331. The fourth-order valence-electron chi connectivity index (χ4n) is 9.34. The molecule has 1 spiro atoms. The first kappa shape index (κ1) is 43.0. The first-order valence-corrected chi connectivity index (χ1v) is 19.9. The third-order valence-electron chi connectivity index (χ3n) is 12.6. The predicted molar refractivity (Wildman–Crippen MR) is 199 cm³/mol. The highest BCUT2D eigenvalue weighted by Gasteiger charge is 2.58. The summed E-state index contributed by atoms with van der Waals surface area (Å²) in [7, 11) is 3.85. The van der Waals surface area contributed by atoms with Gasteiger partial charge in [0, 0.05) is 49.5 Å². The molecule has 4 aliphatic rings. The van der Waals surface area contributed by atoms with Crippen molar-refractivity contribution in [2.24, 2.45) is 17.8 Å². The van der Waals surface area contributed by atoms with Gasteiger partial charge in [-0.25, -0.2) is 0 Å². The monoisotopic (exact) mass is 765 g/mol. The average molecular weight is 766 g/mol. The largest absolute Gasteiger partial charge is 0.459 e. The maximum Gasteiger partial charge on any atom is 0.311 e. The van der Waals surface area contributed by atoms with Gasteiger partial charge < -0.3 is 58.5 Å². The number of furan rings is 1. The van der Waals surface area contributed by atoms with Crippen molar-refractivity contribution in [1.82, 2.24) is 15.1 Å². The molecule has 54 heavy (non-hydrogen) atoms. The van der Waals surface area contributed by atoms with Crippen LogP contribution >= 0.6 is 0 Å². The smallest absolute Gasteiger partial charge is 0.311 e. The Morgan fingerprint density at radius 1 is 1.11 bits per heavy atom. The molecule has 0 aromatic carbocycles. The maximum absolute atomic E-state index is 14.2. The molecule has 14 atom stereocenters. The quantitative estimate of drug-likeness (QED) is 0.323. The number of aryl methyl sites for hydroxylation is 1. The van der Waals surface area contributed by atoms with Crippen molar-refractivity contribution in [3.63, 3.8) is 0 Å². The first-order valence-electron chi connectivity index (χ1n) is 19.9. The number of esters is 1. The van der Waals surface area contributed by atoms with Crippen LogP contribution in [0.25, 0.3) is 0 Å². The summed E-state index contributed by atoms with van der Waals surface area (Å²) < 4.78 is 39.3. The van der Waals surface area contributed by atoms with Crippen LogP contribution in [0.2, 0.25) is 0 Å². The van der Waals surface area contributed by atoms with Gasteiger partial charge in [0.1, 0.15) is 23.9 Å². The number of likely N-dealkylation sites (tertiary alicyclic amines) is 1. The van der Waals surface area contributed by atoms with Crippen molar-refractivity contribution < 1.29 is 53.0 Å². The van der Waals surface area contributed by atoms with Gasteiger partial charge in [-0.05, 0) is 93.4 Å². The summed E-state index contributed by atoms with van der Waals surface area (Å²) in [6, 6.07) is 1.01. The van der Waals surface area contributed by atoms with E-state index in [0.717, 1.165) is 5.56 Å². The second kappa shape index (κ2) is 16.8. The third-order valence-corrected chi connectivity index (χ3v) is 12.6. The maximum atomic E-state index is 14.2. The number of nitrogens with zero attached hydrogens (tertiary/aromatic N) is 2. The Morgan fingerprint density at radius 3 is 2.37 bits per heavy atom. The van der Waals surface area contributed by atoms with Crippen LogP contribution < -0.4 is 5.32 Å². The van der Waals surface area contributed by atoms with Crippen LogP contribution in [0.1, 0.15) is 104 Å². The van der Waals surface area contributed by atoms with Gasteiger partial charge in [-0.3, -0.25) is 9.59 Å². The Bertz CT molecular complexity index is 1430. The highest BCUT2D eigenvalue weighted by atomic mass is 16.7. The van der Waals surface area contributed by atoms with E-state index in [-0.39, 0.29) is 30.4 Å². The van der Waals surface area contributed by atoms with Gasteiger partial charge in [0.05, 0.1) is 36.1 Å². The molecular weight excluding hydrogens is 698 g/mol. The summed E-state index contributed by atoms with van der Waals surface area (Å²) in [6.45, 7) is 17.8. The van der Waals surface area contributed by atoms with Crippen LogP contribution in [0.3, 0.4) is 0 Å². The normalized spacial score (nSPS) is 42.6. The molecule has 0 aliphatic carbocycles. The number of aliphatic hydroxyl groups is 3. The van der Waals surface area contributed by atoms with E-state index in [0.29, 0.717) is 51.1 Å². The first-order chi connectivity index (χ1) is 25.2. The molecule has 308 valence electrons. The Balaban J connectivity index is 1.58. The minimum absolute atomic E-state index is 0.0434. The van der Waals surface area contributed by atoms with Gasteiger partial charge in [0.15, 0.2) is 17.8 Å². The fraction of sp³-hybridized carbons (Fsp3) is 0.850. The Labute approximate surface area is 321 Å². The van der Waals surface area contributed by atoms with Crippen molar-refractivity contribution in [2.45, 2.75) is 166 Å². The van der Waals surface area contributed by atoms with Crippen LogP contribution in [0, 0.1) is 24.7 Å².